The predicted molar refractivity (Wildman–Crippen MR) is 382 cm³/mol. The van der Waals surface area contributed by atoms with Gasteiger partial charge in [-0.2, -0.15) is 0 Å². The van der Waals surface area contributed by atoms with Gasteiger partial charge in [-0.25, -0.2) is 0 Å². The summed E-state index contributed by atoms with van der Waals surface area (Å²) in [6.45, 7) is 49.3. The van der Waals surface area contributed by atoms with E-state index in [1.165, 1.54) is 227 Å². The Hall–Kier alpha value is -0.960. The molecule has 5 aliphatic rings. The Kier molecular flexibility index (Phi) is 71.1. The molecule has 0 aromatic rings. The minimum absolute atomic E-state index is 0.719. The molecule has 5 fully saturated rings. The average Bonchev–Trinajstić information content (AvgIpc) is 3.59. The molecule has 0 bridgehead atoms. The molecule has 0 spiro atoms. The van der Waals surface area contributed by atoms with E-state index in [0.29, 0.717) is 0 Å². The molecule has 0 radical (unpaired) electrons. The fraction of sp³-hybridized carbons (Fsp3) is 1.00. The van der Waals surface area contributed by atoms with Crippen molar-refractivity contribution in [2.45, 2.75) is 116 Å². The lowest BCUT2D eigenvalue weighted by molar-refractivity contribution is 0.133. The second-order valence-electron chi connectivity index (χ2n) is 24.5. The molecule has 0 atom stereocenters. The zero-order chi connectivity index (χ0) is 64.1. The Labute approximate surface area is 543 Å². The van der Waals surface area contributed by atoms with Crippen LogP contribution in [0.2, 0.25) is 0 Å². The van der Waals surface area contributed by atoms with Crippen molar-refractivity contribution >= 4 is 0 Å². The van der Waals surface area contributed by atoms with Crippen molar-refractivity contribution in [2.24, 2.45) is 57.3 Å². The Morgan fingerprint density at radius 2 is 0.489 bits per heavy atom. The molecule has 0 aromatic heterocycles. The molecule has 5 saturated heterocycles. The first-order valence-electron chi connectivity index (χ1n) is 36.4. The van der Waals surface area contributed by atoms with Gasteiger partial charge in [-0.05, 0) is 156 Å². The predicted octanol–water partition coefficient (Wildman–Crippen LogP) is -2.45. The van der Waals surface area contributed by atoms with Crippen molar-refractivity contribution in [3.63, 3.8) is 0 Å². The van der Waals surface area contributed by atoms with E-state index in [1.54, 1.807) is 0 Å². The summed E-state index contributed by atoms with van der Waals surface area (Å²) in [5, 5.41) is 20.3. The molecule has 5 heterocycles. The lowest BCUT2D eigenvalue weighted by Gasteiger charge is -2.34. The summed E-state index contributed by atoms with van der Waals surface area (Å²) in [7, 11) is 0. The maximum Gasteiger partial charge on any atom is 0.0110 e. The van der Waals surface area contributed by atoms with E-state index in [1.807, 2.05) is 0 Å². The minimum Gasteiger partial charge on any atom is -0.330 e. The highest BCUT2D eigenvalue weighted by Crippen LogP contribution is 2.06. The molecule has 530 valence electrons. The van der Waals surface area contributed by atoms with Gasteiger partial charge in [-0.1, -0.05) is 38.5 Å². The zero-order valence-electron chi connectivity index (χ0n) is 57.6. The highest BCUT2D eigenvalue weighted by atomic mass is 15.3. The van der Waals surface area contributed by atoms with Crippen LogP contribution in [0, 0.1) is 0 Å². The molecular formula is C64H154N24. The molecule has 26 N–H and O–H groups in total. The first kappa shape index (κ1) is 87.0. The number of nitrogens with two attached hydrogens (primary N) is 10. The summed E-state index contributed by atoms with van der Waals surface area (Å²) in [6.07, 6.45) is 22.8. The maximum absolute atomic E-state index is 5.56. The second-order valence-corrected chi connectivity index (χ2v) is 24.5. The number of nitrogens with zero attached hydrogens (tertiary/aromatic N) is 8. The van der Waals surface area contributed by atoms with Gasteiger partial charge in [0, 0.05) is 223 Å². The van der Waals surface area contributed by atoms with Crippen LogP contribution in [0.25, 0.3) is 0 Å². The summed E-state index contributed by atoms with van der Waals surface area (Å²) >= 11 is 0. The van der Waals surface area contributed by atoms with Crippen LogP contribution in [0.4, 0.5) is 0 Å². The average molecular weight is 1260 g/mol. The number of rotatable bonds is 47. The Morgan fingerprint density at radius 3 is 0.818 bits per heavy atom. The van der Waals surface area contributed by atoms with Crippen LogP contribution in [0.15, 0.2) is 0 Å². The van der Waals surface area contributed by atoms with E-state index < -0.39 is 0 Å². The Bertz CT molecular complexity index is 1230. The molecule has 0 saturated carbocycles. The standard InChI is InChI=1S/C13H28N4.2C11H26N4.C10H25N5.C10H25N3.C9H24N4/c1(2-8-16-10-4-14-5-11-16)3-9-17-12-6-15-7-13-17;12-4-6-13-5-2-1-3-9-15-10-7-14-8-11-15;12-4-2-1-3-6-14-8-10-15(7-5-13)11-9-14;11-1-5-14(6-2-12)9-10-15-7-3-13-4-8-15;11-7-3-1-5-9-13-10-6-2-4-8-12;10-4-2-1-3-7-13(8-5-11)9-6-12/h14-15H,1-13H2;13-14H,1-12H2;1-13H2;13H,1-12H2;13H,1-12H2;1-12H2. The number of unbranched alkanes of at least 4 members (excludes halogenated alkanes) is 12. The molecule has 0 amide bonds. The van der Waals surface area contributed by atoms with Gasteiger partial charge in [-0.3, -0.25) is 14.7 Å². The third-order valence-electron chi connectivity index (χ3n) is 16.8. The maximum atomic E-state index is 5.56. The van der Waals surface area contributed by atoms with Gasteiger partial charge in [0.25, 0.3) is 0 Å². The van der Waals surface area contributed by atoms with Crippen molar-refractivity contribution < 1.29 is 0 Å². The highest BCUT2D eigenvalue weighted by molar-refractivity contribution is 4.74. The highest BCUT2D eigenvalue weighted by Gasteiger charge is 2.16. The number of piperazine rings is 5. The normalized spacial score (nSPS) is 17.5. The van der Waals surface area contributed by atoms with Crippen molar-refractivity contribution in [3.8, 4) is 0 Å². The number of nitrogens with one attached hydrogen (secondary N) is 6. The molecule has 24 heteroatoms. The second kappa shape index (κ2) is 71.9. The molecule has 0 unspecified atom stereocenters. The van der Waals surface area contributed by atoms with Gasteiger partial charge in [0.05, 0.1) is 0 Å². The smallest absolute Gasteiger partial charge is 0.0110 e. The van der Waals surface area contributed by atoms with Gasteiger partial charge < -0.3 is 114 Å². The molecule has 0 aliphatic carbocycles. The van der Waals surface area contributed by atoms with Crippen LogP contribution in [0.3, 0.4) is 0 Å². The molecule has 0 aromatic carbocycles. The van der Waals surface area contributed by atoms with Crippen molar-refractivity contribution in [1.29, 1.82) is 0 Å². The van der Waals surface area contributed by atoms with Gasteiger partial charge in [0.15, 0.2) is 0 Å². The monoisotopic (exact) mass is 1260 g/mol. The largest absolute Gasteiger partial charge is 0.330 e. The van der Waals surface area contributed by atoms with E-state index in [0.717, 1.165) is 189 Å². The van der Waals surface area contributed by atoms with E-state index in [-0.39, 0.29) is 0 Å². The summed E-state index contributed by atoms with van der Waals surface area (Å²) in [6, 6.07) is 0. The van der Waals surface area contributed by atoms with Gasteiger partial charge in [0.1, 0.15) is 0 Å². The first-order valence-corrected chi connectivity index (χ1v) is 36.4. The lowest BCUT2D eigenvalue weighted by Crippen LogP contribution is -2.47. The minimum atomic E-state index is 0.719. The van der Waals surface area contributed by atoms with Crippen LogP contribution < -0.4 is 89.2 Å². The zero-order valence-corrected chi connectivity index (χ0v) is 57.6. The van der Waals surface area contributed by atoms with Crippen LogP contribution in [0.5, 0.6) is 0 Å². The van der Waals surface area contributed by atoms with Gasteiger partial charge >= 0.3 is 0 Å². The third kappa shape index (κ3) is 60.0. The number of hydrogen-bond donors (Lipinski definition) is 16. The summed E-state index contributed by atoms with van der Waals surface area (Å²) in [5.41, 5.74) is 54.7. The summed E-state index contributed by atoms with van der Waals surface area (Å²) in [5.74, 6) is 0. The fourth-order valence-corrected chi connectivity index (χ4v) is 11.3. The van der Waals surface area contributed by atoms with Crippen LogP contribution in [-0.2, 0) is 0 Å². The van der Waals surface area contributed by atoms with Crippen LogP contribution in [0.1, 0.15) is 116 Å². The fourth-order valence-electron chi connectivity index (χ4n) is 11.3. The van der Waals surface area contributed by atoms with Gasteiger partial charge in [0.2, 0.25) is 0 Å². The Morgan fingerprint density at radius 1 is 0.216 bits per heavy atom. The van der Waals surface area contributed by atoms with Gasteiger partial charge in [-0.15, -0.1) is 0 Å². The molecule has 24 nitrogen and oxygen atoms in total. The molecule has 5 rings (SSSR count). The first-order chi connectivity index (χ1) is 43.4. The van der Waals surface area contributed by atoms with E-state index in [2.05, 4.69) is 71.1 Å². The topological polar surface area (TPSA) is 358 Å². The molecule has 5 aliphatic heterocycles. The van der Waals surface area contributed by atoms with Crippen molar-refractivity contribution in [1.82, 2.24) is 71.1 Å². The Balaban J connectivity index is 0.00000104. The summed E-state index contributed by atoms with van der Waals surface area (Å²) < 4.78 is 0. The third-order valence-corrected chi connectivity index (χ3v) is 16.8. The lowest BCUT2D eigenvalue weighted by atomic mass is 10.2. The molecule has 88 heavy (non-hydrogen) atoms. The van der Waals surface area contributed by atoms with E-state index in [9.17, 15) is 0 Å². The SMILES string of the molecule is C(CCN1CCNCC1)CCN1CCNCC1.NCCCCCN(CCN)CCN.NCCCCCN1CCN(CCN)CC1.NCCCCCNCCCCCN.NCCN(CCN)CCN1CCNCC1.NCCNCCCCCN1CCNCC1. The van der Waals surface area contributed by atoms with E-state index >= 15 is 0 Å². The van der Waals surface area contributed by atoms with Crippen molar-refractivity contribution in [2.75, 3.05) is 301 Å². The molecular weight excluding hydrogens is 1100 g/mol. The number of hydrogen-bond acceptors (Lipinski definition) is 24. The van der Waals surface area contributed by atoms with E-state index in [4.69, 9.17) is 57.3 Å². The van der Waals surface area contributed by atoms with Crippen LogP contribution in [-0.4, -0.2) is 340 Å². The quantitative estimate of drug-likeness (QED) is 0.0281. The summed E-state index contributed by atoms with van der Waals surface area (Å²) in [4.78, 5) is 19.9. The van der Waals surface area contributed by atoms with Crippen molar-refractivity contribution in [3.05, 3.63) is 0 Å². The van der Waals surface area contributed by atoms with Crippen LogP contribution >= 0.6 is 0 Å².